The molecule has 0 unspecified atom stereocenters. The Bertz CT molecular complexity index is 753. The molecule has 0 fully saturated rings. The molecule has 0 aliphatic rings. The van der Waals surface area contributed by atoms with Gasteiger partial charge in [0.25, 0.3) is 5.91 Å². The van der Waals surface area contributed by atoms with Gasteiger partial charge in [0.2, 0.25) is 0 Å². The summed E-state index contributed by atoms with van der Waals surface area (Å²) in [7, 11) is 0. The van der Waals surface area contributed by atoms with Gasteiger partial charge in [-0.05, 0) is 23.6 Å². The number of amides is 1. The highest BCUT2D eigenvalue weighted by Crippen LogP contribution is 2.19. The zero-order chi connectivity index (χ0) is 14.7. The van der Waals surface area contributed by atoms with Gasteiger partial charge in [-0.3, -0.25) is 4.79 Å². The summed E-state index contributed by atoms with van der Waals surface area (Å²) in [5, 5.41) is 10.2. The van der Waals surface area contributed by atoms with Gasteiger partial charge in [0.1, 0.15) is 11.5 Å². The van der Waals surface area contributed by atoms with Crippen molar-refractivity contribution in [2.45, 2.75) is 6.54 Å². The third kappa shape index (κ3) is 3.17. The first-order valence-corrected chi connectivity index (χ1v) is 7.18. The first-order valence-electron chi connectivity index (χ1n) is 6.24. The Morgan fingerprint density at radius 3 is 3.00 bits per heavy atom. The van der Waals surface area contributed by atoms with E-state index in [-0.39, 0.29) is 18.3 Å². The molecule has 3 rings (SSSR count). The van der Waals surface area contributed by atoms with Crippen molar-refractivity contribution < 1.29 is 13.7 Å². The second-order valence-electron chi connectivity index (χ2n) is 4.38. The summed E-state index contributed by atoms with van der Waals surface area (Å²) in [5.74, 6) is 0.0145. The van der Waals surface area contributed by atoms with Crippen LogP contribution >= 0.6 is 11.3 Å². The number of hydrogen-bond acceptors (Lipinski definition) is 4. The molecule has 0 atom stereocenters. The normalized spacial score (nSPS) is 10.5. The predicted octanol–water partition coefficient (Wildman–Crippen LogP) is 3.47. The number of nitrogens with one attached hydrogen (secondary N) is 1. The van der Waals surface area contributed by atoms with Crippen molar-refractivity contribution in [2.75, 3.05) is 0 Å². The lowest BCUT2D eigenvalue weighted by Gasteiger charge is -1.99. The monoisotopic (exact) mass is 302 g/mol. The highest BCUT2D eigenvalue weighted by molar-refractivity contribution is 7.08. The number of carbonyl (C=O) groups is 1. The van der Waals surface area contributed by atoms with E-state index in [0.717, 1.165) is 0 Å². The molecule has 21 heavy (non-hydrogen) atoms. The Morgan fingerprint density at radius 2 is 2.24 bits per heavy atom. The number of halogens is 1. The molecule has 106 valence electrons. The summed E-state index contributed by atoms with van der Waals surface area (Å²) in [5.41, 5.74) is 1.79. The van der Waals surface area contributed by atoms with Crippen LogP contribution in [0.4, 0.5) is 4.39 Å². The fraction of sp³-hybridized carbons (Fsp3) is 0.0667. The molecule has 4 nitrogen and oxygen atoms in total. The molecule has 2 heterocycles. The molecule has 0 saturated heterocycles. The maximum absolute atomic E-state index is 13.2. The molecule has 1 N–H and O–H groups in total. The highest BCUT2D eigenvalue weighted by Gasteiger charge is 2.10. The minimum absolute atomic E-state index is 0.167. The molecule has 0 bridgehead atoms. The number of benzene rings is 1. The molecular weight excluding hydrogens is 291 g/mol. The van der Waals surface area contributed by atoms with Crippen LogP contribution in [0.3, 0.4) is 0 Å². The first-order chi connectivity index (χ1) is 10.2. The van der Waals surface area contributed by atoms with Crippen LogP contribution in [0.2, 0.25) is 0 Å². The van der Waals surface area contributed by atoms with E-state index in [0.29, 0.717) is 22.6 Å². The molecule has 1 aromatic carbocycles. The van der Waals surface area contributed by atoms with E-state index in [1.54, 1.807) is 29.6 Å². The van der Waals surface area contributed by atoms with Crippen LogP contribution in [-0.4, -0.2) is 11.1 Å². The fourth-order valence-corrected chi connectivity index (χ4v) is 2.48. The molecular formula is C15H11FN2O2S. The van der Waals surface area contributed by atoms with Crippen LogP contribution in [0.15, 0.2) is 51.7 Å². The van der Waals surface area contributed by atoms with E-state index in [9.17, 15) is 9.18 Å². The maximum atomic E-state index is 13.2. The van der Waals surface area contributed by atoms with Gasteiger partial charge >= 0.3 is 0 Å². The largest absolute Gasteiger partial charge is 0.359 e. The average Bonchev–Trinajstić information content (AvgIpc) is 3.16. The van der Waals surface area contributed by atoms with Crippen molar-refractivity contribution in [3.05, 3.63) is 64.3 Å². The van der Waals surface area contributed by atoms with Gasteiger partial charge in [-0.25, -0.2) is 4.39 Å². The van der Waals surface area contributed by atoms with E-state index in [4.69, 9.17) is 4.52 Å². The van der Waals surface area contributed by atoms with E-state index in [2.05, 4.69) is 10.5 Å². The molecule has 6 heteroatoms. The highest BCUT2D eigenvalue weighted by atomic mass is 32.1. The molecule has 0 saturated carbocycles. The number of thiophene rings is 1. The predicted molar refractivity (Wildman–Crippen MR) is 77.4 cm³/mol. The van der Waals surface area contributed by atoms with E-state index >= 15 is 0 Å². The van der Waals surface area contributed by atoms with Gasteiger partial charge in [0, 0.05) is 22.6 Å². The molecule has 1 amide bonds. The van der Waals surface area contributed by atoms with Crippen molar-refractivity contribution >= 4 is 17.2 Å². The average molecular weight is 302 g/mol. The fourth-order valence-electron chi connectivity index (χ4n) is 1.84. The van der Waals surface area contributed by atoms with E-state index in [1.165, 1.54) is 23.5 Å². The molecule has 0 radical (unpaired) electrons. The van der Waals surface area contributed by atoms with Crippen molar-refractivity contribution in [1.82, 2.24) is 10.5 Å². The zero-order valence-electron chi connectivity index (χ0n) is 10.9. The van der Waals surface area contributed by atoms with Crippen molar-refractivity contribution in [2.24, 2.45) is 0 Å². The van der Waals surface area contributed by atoms with Crippen LogP contribution in [-0.2, 0) is 6.54 Å². The summed E-state index contributed by atoms with van der Waals surface area (Å²) in [6, 6.07) is 9.53. The minimum Gasteiger partial charge on any atom is -0.359 e. The van der Waals surface area contributed by atoms with Gasteiger partial charge < -0.3 is 9.84 Å². The third-order valence-electron chi connectivity index (χ3n) is 2.89. The number of hydrogen-bond donors (Lipinski definition) is 1. The second-order valence-corrected chi connectivity index (χ2v) is 5.16. The smallest absolute Gasteiger partial charge is 0.252 e. The molecule has 0 aliphatic carbocycles. The van der Waals surface area contributed by atoms with Crippen LogP contribution < -0.4 is 5.32 Å². The number of nitrogens with zero attached hydrogens (tertiary/aromatic N) is 1. The topological polar surface area (TPSA) is 55.1 Å². The van der Waals surface area contributed by atoms with Crippen LogP contribution in [0, 0.1) is 5.82 Å². The summed E-state index contributed by atoms with van der Waals surface area (Å²) >= 11 is 1.46. The van der Waals surface area contributed by atoms with Crippen molar-refractivity contribution in [3.8, 4) is 11.3 Å². The van der Waals surface area contributed by atoms with E-state index < -0.39 is 0 Å². The van der Waals surface area contributed by atoms with Crippen LogP contribution in [0.1, 0.15) is 16.1 Å². The number of aromatic nitrogens is 1. The van der Waals surface area contributed by atoms with Crippen molar-refractivity contribution in [1.29, 1.82) is 0 Å². The standard InChI is InChI=1S/C15H11FN2O2S/c16-12-3-1-2-10(6-12)14-7-13(20-18-14)8-17-15(19)11-4-5-21-9-11/h1-7,9H,8H2,(H,17,19). The second kappa shape index (κ2) is 5.88. The Morgan fingerprint density at radius 1 is 1.33 bits per heavy atom. The maximum Gasteiger partial charge on any atom is 0.252 e. The Hall–Kier alpha value is -2.47. The van der Waals surface area contributed by atoms with Crippen molar-refractivity contribution in [3.63, 3.8) is 0 Å². The minimum atomic E-state index is -0.331. The van der Waals surface area contributed by atoms with Gasteiger partial charge in [0.05, 0.1) is 6.54 Å². The summed E-state index contributed by atoms with van der Waals surface area (Å²) in [4.78, 5) is 11.8. The lowest BCUT2D eigenvalue weighted by Crippen LogP contribution is -2.21. The quantitative estimate of drug-likeness (QED) is 0.803. The van der Waals surface area contributed by atoms with Gasteiger partial charge in [0.15, 0.2) is 5.76 Å². The lowest BCUT2D eigenvalue weighted by atomic mass is 10.1. The Labute approximate surface area is 124 Å². The summed E-state index contributed by atoms with van der Waals surface area (Å²) in [6.45, 7) is 0.233. The SMILES string of the molecule is O=C(NCc1cc(-c2cccc(F)c2)no1)c1ccsc1. The number of carbonyl (C=O) groups excluding carboxylic acids is 1. The first kappa shape index (κ1) is 13.5. The van der Waals surface area contributed by atoms with Gasteiger partial charge in [-0.15, -0.1) is 0 Å². The summed E-state index contributed by atoms with van der Waals surface area (Å²) in [6.07, 6.45) is 0. The molecule has 2 aromatic heterocycles. The van der Waals surface area contributed by atoms with Crippen LogP contribution in [0.5, 0.6) is 0 Å². The molecule has 0 spiro atoms. The Balaban J connectivity index is 1.67. The van der Waals surface area contributed by atoms with Gasteiger partial charge in [-0.1, -0.05) is 17.3 Å². The van der Waals surface area contributed by atoms with Gasteiger partial charge in [-0.2, -0.15) is 11.3 Å². The number of rotatable bonds is 4. The summed E-state index contributed by atoms with van der Waals surface area (Å²) < 4.78 is 18.3. The Kier molecular flexibility index (Phi) is 3.79. The molecule has 3 aromatic rings. The van der Waals surface area contributed by atoms with E-state index in [1.807, 2.05) is 5.38 Å². The zero-order valence-corrected chi connectivity index (χ0v) is 11.7. The lowest BCUT2D eigenvalue weighted by molar-refractivity contribution is 0.0947. The van der Waals surface area contributed by atoms with Crippen LogP contribution in [0.25, 0.3) is 11.3 Å². The molecule has 0 aliphatic heterocycles. The third-order valence-corrected chi connectivity index (χ3v) is 3.57.